The fourth-order valence-electron chi connectivity index (χ4n) is 2.45. The van der Waals surface area contributed by atoms with Crippen molar-refractivity contribution in [1.82, 2.24) is 9.80 Å². The van der Waals surface area contributed by atoms with Crippen molar-refractivity contribution in [2.24, 2.45) is 0 Å². The van der Waals surface area contributed by atoms with Crippen molar-refractivity contribution < 1.29 is 13.6 Å². The van der Waals surface area contributed by atoms with Crippen LogP contribution in [0, 0.1) is 11.6 Å². The summed E-state index contributed by atoms with van der Waals surface area (Å²) in [6, 6.07) is 3.52. The van der Waals surface area contributed by atoms with E-state index in [0.29, 0.717) is 12.1 Å². The maximum atomic E-state index is 13.7. The molecule has 1 saturated heterocycles. The van der Waals surface area contributed by atoms with Gasteiger partial charge in [0.2, 0.25) is 5.91 Å². The van der Waals surface area contributed by atoms with Crippen LogP contribution in [-0.2, 0) is 11.3 Å². The van der Waals surface area contributed by atoms with E-state index in [1.165, 1.54) is 12.1 Å². The first-order valence-electron chi connectivity index (χ1n) is 7.46. The largest absolute Gasteiger partial charge is 0.337 e. The number of carbonyl (C=O) groups excluding carboxylic acids is 1. The van der Waals surface area contributed by atoms with Crippen LogP contribution >= 0.6 is 11.8 Å². The van der Waals surface area contributed by atoms with E-state index < -0.39 is 11.6 Å². The molecule has 1 fully saturated rings. The molecule has 1 atom stereocenters. The predicted octanol–water partition coefficient (Wildman–Crippen LogP) is 2.75. The van der Waals surface area contributed by atoms with E-state index in [0.717, 1.165) is 31.2 Å². The Bertz CT molecular complexity index is 525. The number of nitrogens with zero attached hydrogens (tertiary/aromatic N) is 2. The molecule has 3 nitrogen and oxygen atoms in total. The van der Waals surface area contributed by atoms with Gasteiger partial charge in [-0.25, -0.2) is 8.78 Å². The average molecular weight is 328 g/mol. The molecule has 1 aromatic rings. The van der Waals surface area contributed by atoms with Gasteiger partial charge in [-0.3, -0.25) is 4.79 Å². The first-order valence-corrected chi connectivity index (χ1v) is 8.51. The third-order valence-electron chi connectivity index (χ3n) is 3.72. The van der Waals surface area contributed by atoms with Crippen LogP contribution in [0.25, 0.3) is 0 Å². The zero-order valence-corrected chi connectivity index (χ0v) is 13.8. The number of amides is 1. The number of carbonyl (C=O) groups is 1. The van der Waals surface area contributed by atoms with Crippen LogP contribution in [0.5, 0.6) is 0 Å². The van der Waals surface area contributed by atoms with Crippen LogP contribution in [0.15, 0.2) is 18.2 Å². The second-order valence-electron chi connectivity index (χ2n) is 5.80. The van der Waals surface area contributed by atoms with Gasteiger partial charge < -0.3 is 9.80 Å². The lowest BCUT2D eigenvalue weighted by molar-refractivity contribution is -0.133. The van der Waals surface area contributed by atoms with Crippen LogP contribution in [0.2, 0.25) is 0 Å². The van der Waals surface area contributed by atoms with Crippen molar-refractivity contribution in [2.45, 2.75) is 24.6 Å². The minimum Gasteiger partial charge on any atom is -0.337 e. The Morgan fingerprint density at radius 3 is 2.82 bits per heavy atom. The van der Waals surface area contributed by atoms with Crippen molar-refractivity contribution in [2.75, 3.05) is 32.9 Å². The van der Waals surface area contributed by atoms with Crippen molar-refractivity contribution in [1.29, 1.82) is 0 Å². The molecule has 1 aliphatic heterocycles. The molecule has 0 bridgehead atoms. The van der Waals surface area contributed by atoms with Crippen molar-refractivity contribution in [3.05, 3.63) is 35.4 Å². The van der Waals surface area contributed by atoms with E-state index in [1.54, 1.807) is 16.7 Å². The van der Waals surface area contributed by atoms with Crippen molar-refractivity contribution in [3.63, 3.8) is 0 Å². The first-order chi connectivity index (χ1) is 10.5. The van der Waals surface area contributed by atoms with Gasteiger partial charge in [0.25, 0.3) is 0 Å². The van der Waals surface area contributed by atoms with E-state index >= 15 is 0 Å². The molecule has 2 rings (SSSR count). The topological polar surface area (TPSA) is 23.6 Å². The monoisotopic (exact) mass is 328 g/mol. The highest BCUT2D eigenvalue weighted by Gasteiger charge is 2.29. The molecular weight excluding hydrogens is 306 g/mol. The number of hydrogen-bond acceptors (Lipinski definition) is 3. The number of thioether (sulfide) groups is 1. The molecule has 1 heterocycles. The number of halogens is 2. The van der Waals surface area contributed by atoms with Crippen molar-refractivity contribution in [3.8, 4) is 0 Å². The summed E-state index contributed by atoms with van der Waals surface area (Å²) in [7, 11) is 4.01. The van der Waals surface area contributed by atoms with E-state index in [-0.39, 0.29) is 17.7 Å². The van der Waals surface area contributed by atoms with Gasteiger partial charge in [-0.05, 0) is 33.0 Å². The van der Waals surface area contributed by atoms with Crippen LogP contribution in [-0.4, -0.2) is 53.9 Å². The van der Waals surface area contributed by atoms with Gasteiger partial charge in [0.05, 0.1) is 5.25 Å². The van der Waals surface area contributed by atoms with E-state index in [1.807, 2.05) is 14.1 Å². The summed E-state index contributed by atoms with van der Waals surface area (Å²) in [4.78, 5) is 16.3. The zero-order valence-electron chi connectivity index (χ0n) is 13.0. The Morgan fingerprint density at radius 1 is 1.36 bits per heavy atom. The molecule has 0 N–H and O–H groups in total. The van der Waals surface area contributed by atoms with Crippen LogP contribution in [0.4, 0.5) is 8.78 Å². The van der Waals surface area contributed by atoms with Gasteiger partial charge in [-0.2, -0.15) is 0 Å². The third kappa shape index (κ3) is 4.68. The van der Waals surface area contributed by atoms with Gasteiger partial charge in [-0.15, -0.1) is 11.8 Å². The van der Waals surface area contributed by atoms with Gasteiger partial charge in [0, 0.05) is 37.0 Å². The minimum atomic E-state index is -0.594. The van der Waals surface area contributed by atoms with Crippen LogP contribution in [0.1, 0.15) is 18.4 Å². The molecule has 1 aliphatic rings. The quantitative estimate of drug-likeness (QED) is 0.802. The van der Waals surface area contributed by atoms with E-state index in [2.05, 4.69) is 4.90 Å². The molecule has 0 radical (unpaired) electrons. The number of piperidine rings is 1. The molecule has 0 unspecified atom stereocenters. The number of hydrogen-bond donors (Lipinski definition) is 0. The summed E-state index contributed by atoms with van der Waals surface area (Å²) >= 11 is 1.67. The number of rotatable bonds is 6. The van der Waals surface area contributed by atoms with Crippen molar-refractivity contribution >= 4 is 17.7 Å². The molecule has 6 heteroatoms. The maximum absolute atomic E-state index is 13.7. The van der Waals surface area contributed by atoms with Gasteiger partial charge in [0.15, 0.2) is 0 Å². The lowest BCUT2D eigenvalue weighted by Gasteiger charge is -2.32. The Hall–Kier alpha value is -1.14. The maximum Gasteiger partial charge on any atom is 0.235 e. The Balaban J connectivity index is 1.94. The standard InChI is InChI=1S/C16H22F2N2OS/c1-19(2)8-9-22-15-4-3-7-20(16(15)21)11-12-5-6-13(17)10-14(12)18/h5-6,10,15H,3-4,7-9,11H2,1-2H3/t15-/m0/s1. The highest BCUT2D eigenvalue weighted by molar-refractivity contribution is 8.00. The SMILES string of the molecule is CN(C)CCS[C@H]1CCCN(Cc2ccc(F)cc2F)C1=O. The molecule has 22 heavy (non-hydrogen) atoms. The number of likely N-dealkylation sites (tertiary alicyclic amines) is 1. The zero-order chi connectivity index (χ0) is 16.1. The van der Waals surface area contributed by atoms with Gasteiger partial charge in [-0.1, -0.05) is 6.07 Å². The summed E-state index contributed by atoms with van der Waals surface area (Å²) in [6.07, 6.45) is 1.80. The lowest BCUT2D eigenvalue weighted by atomic mass is 10.1. The highest BCUT2D eigenvalue weighted by atomic mass is 32.2. The molecule has 0 saturated carbocycles. The predicted molar refractivity (Wildman–Crippen MR) is 85.8 cm³/mol. The summed E-state index contributed by atoms with van der Waals surface area (Å²) in [5, 5.41) is -0.0443. The van der Waals surface area contributed by atoms with Crippen LogP contribution in [0.3, 0.4) is 0 Å². The fraction of sp³-hybridized carbons (Fsp3) is 0.562. The van der Waals surface area contributed by atoms with Gasteiger partial charge in [0.1, 0.15) is 11.6 Å². The number of benzene rings is 1. The molecule has 0 aromatic heterocycles. The molecule has 0 aliphatic carbocycles. The Labute approximate surface area is 134 Å². The summed E-state index contributed by atoms with van der Waals surface area (Å²) in [5.74, 6) is -0.209. The molecule has 1 amide bonds. The van der Waals surface area contributed by atoms with E-state index in [9.17, 15) is 13.6 Å². The smallest absolute Gasteiger partial charge is 0.235 e. The Kier molecular flexibility index (Phi) is 6.20. The first kappa shape index (κ1) is 17.2. The lowest BCUT2D eigenvalue weighted by Crippen LogP contribution is -2.42. The summed E-state index contributed by atoms with van der Waals surface area (Å²) < 4.78 is 26.7. The second kappa shape index (κ2) is 7.92. The highest BCUT2D eigenvalue weighted by Crippen LogP contribution is 2.25. The normalized spacial score (nSPS) is 19.0. The molecule has 1 aromatic carbocycles. The average Bonchev–Trinajstić information content (AvgIpc) is 2.45. The second-order valence-corrected chi connectivity index (χ2v) is 7.11. The minimum absolute atomic E-state index is 0.0443. The van der Waals surface area contributed by atoms with E-state index in [4.69, 9.17) is 0 Å². The Morgan fingerprint density at radius 2 is 2.14 bits per heavy atom. The summed E-state index contributed by atoms with van der Waals surface area (Å²) in [5.41, 5.74) is 0.369. The van der Waals surface area contributed by atoms with Crippen LogP contribution < -0.4 is 0 Å². The summed E-state index contributed by atoms with van der Waals surface area (Å²) in [6.45, 7) is 1.79. The van der Waals surface area contributed by atoms with Gasteiger partial charge >= 0.3 is 0 Å². The molecule has 122 valence electrons. The molecular formula is C16H22F2N2OS. The fourth-order valence-corrected chi connectivity index (χ4v) is 3.83. The molecule has 0 spiro atoms. The third-order valence-corrected chi connectivity index (χ3v) is 4.97.